The fourth-order valence-electron chi connectivity index (χ4n) is 2.29. The summed E-state index contributed by atoms with van der Waals surface area (Å²) in [6.07, 6.45) is 2.06. The molecule has 4 nitrogen and oxygen atoms in total. The van der Waals surface area contributed by atoms with Crippen LogP contribution in [0, 0.1) is 12.7 Å². The first-order valence-corrected chi connectivity index (χ1v) is 8.15. The summed E-state index contributed by atoms with van der Waals surface area (Å²) in [5, 5.41) is 3.38. The van der Waals surface area contributed by atoms with Gasteiger partial charge in [0.15, 0.2) is 0 Å². The van der Waals surface area contributed by atoms with Crippen molar-refractivity contribution in [2.45, 2.75) is 13.3 Å². The van der Waals surface area contributed by atoms with Gasteiger partial charge in [-0.1, -0.05) is 17.7 Å². The van der Waals surface area contributed by atoms with Crippen LogP contribution in [-0.4, -0.2) is 17.4 Å². The summed E-state index contributed by atoms with van der Waals surface area (Å²) in [4.78, 5) is 16.5. The van der Waals surface area contributed by atoms with Gasteiger partial charge < -0.3 is 9.73 Å². The van der Waals surface area contributed by atoms with Gasteiger partial charge in [0.1, 0.15) is 12.1 Å². The SMILES string of the molecule is Cc1ccc(C(=O)NCCc2coc(-c3ccc(F)cc3)n2)cc1Cl. The second-order valence-electron chi connectivity index (χ2n) is 5.62. The molecule has 0 aliphatic heterocycles. The minimum absolute atomic E-state index is 0.191. The van der Waals surface area contributed by atoms with E-state index in [0.29, 0.717) is 40.7 Å². The summed E-state index contributed by atoms with van der Waals surface area (Å²) in [5.41, 5.74) is 2.85. The number of rotatable bonds is 5. The monoisotopic (exact) mass is 358 g/mol. The molecule has 128 valence electrons. The fraction of sp³-hybridized carbons (Fsp3) is 0.158. The van der Waals surface area contributed by atoms with E-state index in [1.165, 1.54) is 18.4 Å². The average molecular weight is 359 g/mol. The Bertz CT molecular complexity index is 891. The van der Waals surface area contributed by atoms with Gasteiger partial charge in [0, 0.05) is 29.1 Å². The molecule has 0 aliphatic rings. The summed E-state index contributed by atoms with van der Waals surface area (Å²) in [5.74, 6) is -0.0785. The van der Waals surface area contributed by atoms with Crippen LogP contribution in [-0.2, 0) is 6.42 Å². The third-order valence-corrected chi connectivity index (χ3v) is 4.15. The number of carbonyl (C=O) groups excluding carboxylic acids is 1. The number of hydrogen-bond acceptors (Lipinski definition) is 3. The zero-order chi connectivity index (χ0) is 17.8. The van der Waals surface area contributed by atoms with Crippen molar-refractivity contribution in [3.8, 4) is 11.5 Å². The van der Waals surface area contributed by atoms with Crippen LogP contribution in [0.15, 0.2) is 53.1 Å². The van der Waals surface area contributed by atoms with Crippen molar-refractivity contribution >= 4 is 17.5 Å². The molecule has 0 saturated heterocycles. The van der Waals surface area contributed by atoms with Gasteiger partial charge in [0.25, 0.3) is 5.91 Å². The average Bonchev–Trinajstić information content (AvgIpc) is 3.06. The van der Waals surface area contributed by atoms with E-state index in [2.05, 4.69) is 10.3 Å². The third kappa shape index (κ3) is 4.25. The van der Waals surface area contributed by atoms with Crippen molar-refractivity contribution in [2.24, 2.45) is 0 Å². The predicted molar refractivity (Wildman–Crippen MR) is 94.1 cm³/mol. The molecular formula is C19H16ClFN2O2. The smallest absolute Gasteiger partial charge is 0.251 e. The molecular weight excluding hydrogens is 343 g/mol. The van der Waals surface area contributed by atoms with Crippen molar-refractivity contribution < 1.29 is 13.6 Å². The molecule has 1 aromatic heterocycles. The van der Waals surface area contributed by atoms with Gasteiger partial charge >= 0.3 is 0 Å². The maximum Gasteiger partial charge on any atom is 0.251 e. The van der Waals surface area contributed by atoms with Crippen LogP contribution in [0.5, 0.6) is 0 Å². The molecule has 0 saturated carbocycles. The summed E-state index contributed by atoms with van der Waals surface area (Å²) >= 11 is 6.03. The molecule has 0 aliphatic carbocycles. The Morgan fingerprint density at radius 3 is 2.72 bits per heavy atom. The van der Waals surface area contributed by atoms with Crippen molar-refractivity contribution in [3.05, 3.63) is 76.4 Å². The van der Waals surface area contributed by atoms with Gasteiger partial charge in [-0.15, -0.1) is 0 Å². The van der Waals surface area contributed by atoms with Gasteiger partial charge in [-0.05, 0) is 48.9 Å². The van der Waals surface area contributed by atoms with Gasteiger partial charge in [0.05, 0.1) is 5.69 Å². The molecule has 1 heterocycles. The van der Waals surface area contributed by atoms with Crippen LogP contribution >= 0.6 is 11.6 Å². The van der Waals surface area contributed by atoms with Crippen LogP contribution in [0.2, 0.25) is 5.02 Å². The topological polar surface area (TPSA) is 55.1 Å². The first kappa shape index (κ1) is 17.2. The highest BCUT2D eigenvalue weighted by Gasteiger charge is 2.09. The van der Waals surface area contributed by atoms with Crippen molar-refractivity contribution in [3.63, 3.8) is 0 Å². The number of aryl methyl sites for hydroxylation is 1. The summed E-state index contributed by atoms with van der Waals surface area (Å²) in [6, 6.07) is 11.1. The number of carbonyl (C=O) groups is 1. The molecule has 0 atom stereocenters. The number of nitrogens with one attached hydrogen (secondary N) is 1. The van der Waals surface area contributed by atoms with Crippen LogP contribution in [0.3, 0.4) is 0 Å². The lowest BCUT2D eigenvalue weighted by Crippen LogP contribution is -2.25. The molecule has 2 aromatic carbocycles. The van der Waals surface area contributed by atoms with E-state index in [-0.39, 0.29) is 11.7 Å². The first-order chi connectivity index (χ1) is 12.0. The Kier molecular flexibility index (Phi) is 5.14. The zero-order valence-corrected chi connectivity index (χ0v) is 14.3. The Labute approximate surface area is 149 Å². The molecule has 3 rings (SSSR count). The number of aromatic nitrogens is 1. The van der Waals surface area contributed by atoms with Crippen molar-refractivity contribution in [1.29, 1.82) is 0 Å². The highest BCUT2D eigenvalue weighted by Crippen LogP contribution is 2.19. The molecule has 0 bridgehead atoms. The predicted octanol–water partition coefficient (Wildman–Crippen LogP) is 4.42. The fourth-order valence-corrected chi connectivity index (χ4v) is 2.47. The molecule has 25 heavy (non-hydrogen) atoms. The van der Waals surface area contributed by atoms with E-state index >= 15 is 0 Å². The summed E-state index contributed by atoms with van der Waals surface area (Å²) in [6.45, 7) is 2.30. The van der Waals surface area contributed by atoms with E-state index < -0.39 is 0 Å². The molecule has 1 N–H and O–H groups in total. The molecule has 3 aromatic rings. The lowest BCUT2D eigenvalue weighted by molar-refractivity contribution is 0.0954. The Morgan fingerprint density at radius 1 is 1.24 bits per heavy atom. The highest BCUT2D eigenvalue weighted by atomic mass is 35.5. The largest absolute Gasteiger partial charge is 0.444 e. The number of benzene rings is 2. The Morgan fingerprint density at radius 2 is 2.00 bits per heavy atom. The van der Waals surface area contributed by atoms with E-state index in [9.17, 15) is 9.18 Å². The molecule has 6 heteroatoms. The molecule has 0 unspecified atom stereocenters. The normalized spacial score (nSPS) is 10.7. The molecule has 0 radical (unpaired) electrons. The van der Waals surface area contributed by atoms with E-state index in [1.807, 2.05) is 13.0 Å². The lowest BCUT2D eigenvalue weighted by Gasteiger charge is -2.05. The molecule has 1 amide bonds. The quantitative estimate of drug-likeness (QED) is 0.734. The molecule has 0 spiro atoms. The van der Waals surface area contributed by atoms with E-state index in [0.717, 1.165) is 5.56 Å². The van der Waals surface area contributed by atoms with Gasteiger partial charge in [-0.2, -0.15) is 0 Å². The van der Waals surface area contributed by atoms with Crippen molar-refractivity contribution in [1.82, 2.24) is 10.3 Å². The first-order valence-electron chi connectivity index (χ1n) is 7.77. The second kappa shape index (κ2) is 7.49. The molecule has 0 fully saturated rings. The van der Waals surface area contributed by atoms with E-state index in [4.69, 9.17) is 16.0 Å². The van der Waals surface area contributed by atoms with E-state index in [1.54, 1.807) is 24.3 Å². The van der Waals surface area contributed by atoms with Crippen LogP contribution in [0.25, 0.3) is 11.5 Å². The Hall–Kier alpha value is -2.66. The summed E-state index contributed by atoms with van der Waals surface area (Å²) < 4.78 is 18.3. The van der Waals surface area contributed by atoms with Gasteiger partial charge in [-0.25, -0.2) is 9.37 Å². The Balaban J connectivity index is 1.56. The minimum Gasteiger partial charge on any atom is -0.444 e. The summed E-state index contributed by atoms with van der Waals surface area (Å²) in [7, 11) is 0. The maximum absolute atomic E-state index is 12.9. The van der Waals surface area contributed by atoms with Gasteiger partial charge in [0.2, 0.25) is 5.89 Å². The lowest BCUT2D eigenvalue weighted by atomic mass is 10.1. The number of amides is 1. The number of hydrogen-bond donors (Lipinski definition) is 1. The zero-order valence-electron chi connectivity index (χ0n) is 13.6. The van der Waals surface area contributed by atoms with Crippen LogP contribution in [0.4, 0.5) is 4.39 Å². The minimum atomic E-state index is -0.311. The maximum atomic E-state index is 12.9. The number of nitrogens with zero attached hydrogens (tertiary/aromatic N) is 1. The standard InChI is InChI=1S/C19H16ClFN2O2/c1-12-2-3-14(10-17(12)20)18(24)22-9-8-16-11-25-19(23-16)13-4-6-15(21)7-5-13/h2-7,10-11H,8-9H2,1H3,(H,22,24). The number of halogens is 2. The number of oxazole rings is 1. The second-order valence-corrected chi connectivity index (χ2v) is 6.03. The third-order valence-electron chi connectivity index (χ3n) is 3.74. The van der Waals surface area contributed by atoms with Crippen LogP contribution in [0.1, 0.15) is 21.6 Å². The highest BCUT2D eigenvalue weighted by molar-refractivity contribution is 6.31. The van der Waals surface area contributed by atoms with Crippen LogP contribution < -0.4 is 5.32 Å². The van der Waals surface area contributed by atoms with Gasteiger partial charge in [-0.3, -0.25) is 4.79 Å². The van der Waals surface area contributed by atoms with Crippen molar-refractivity contribution in [2.75, 3.05) is 6.54 Å².